The second kappa shape index (κ2) is 8.55. The molecule has 0 unspecified atom stereocenters. The van der Waals surface area contributed by atoms with Crippen LogP contribution in [0.15, 0.2) is 36.5 Å². The number of nitrogens with zero attached hydrogens (tertiary/aromatic N) is 3. The number of benzene rings is 1. The Labute approximate surface area is 190 Å². The number of carbonyl (C=O) groups is 3. The van der Waals surface area contributed by atoms with E-state index >= 15 is 0 Å². The average molecular weight is 452 g/mol. The Morgan fingerprint density at radius 1 is 1.12 bits per heavy atom. The molecule has 9 heteroatoms. The van der Waals surface area contributed by atoms with Crippen molar-refractivity contribution in [3.8, 4) is 5.82 Å². The first-order chi connectivity index (χ1) is 15.2. The Hall–Kier alpha value is -3.52. The van der Waals surface area contributed by atoms with Crippen LogP contribution in [0.25, 0.3) is 5.82 Å². The van der Waals surface area contributed by atoms with Crippen molar-refractivity contribution >= 4 is 34.9 Å². The monoisotopic (exact) mass is 451 g/mol. The first-order valence-electron chi connectivity index (χ1n) is 10.2. The van der Waals surface area contributed by atoms with Gasteiger partial charge in [0.15, 0.2) is 11.6 Å². The highest BCUT2D eigenvalue weighted by molar-refractivity contribution is 6.32. The number of anilines is 1. The van der Waals surface area contributed by atoms with E-state index in [0.29, 0.717) is 33.3 Å². The van der Waals surface area contributed by atoms with Gasteiger partial charge in [-0.3, -0.25) is 14.4 Å². The van der Waals surface area contributed by atoms with Gasteiger partial charge in [0, 0.05) is 17.8 Å². The summed E-state index contributed by atoms with van der Waals surface area (Å²) in [6, 6.07) is 8.26. The molecule has 4 rings (SSSR count). The van der Waals surface area contributed by atoms with E-state index in [9.17, 15) is 14.4 Å². The third-order valence-corrected chi connectivity index (χ3v) is 5.44. The van der Waals surface area contributed by atoms with Crippen molar-refractivity contribution in [2.24, 2.45) is 0 Å². The molecule has 2 heterocycles. The maximum atomic E-state index is 13.3. The number of pyridine rings is 1. The molecule has 0 aliphatic heterocycles. The van der Waals surface area contributed by atoms with Crippen molar-refractivity contribution in [2.45, 2.75) is 39.7 Å². The van der Waals surface area contributed by atoms with Crippen LogP contribution in [0.4, 0.5) is 5.69 Å². The highest BCUT2D eigenvalue weighted by Crippen LogP contribution is 2.27. The van der Waals surface area contributed by atoms with Gasteiger partial charge in [-0.2, -0.15) is 5.10 Å². The summed E-state index contributed by atoms with van der Waals surface area (Å²) in [7, 11) is 0. The Kier molecular flexibility index (Phi) is 5.80. The summed E-state index contributed by atoms with van der Waals surface area (Å²) in [5, 5.41) is 10.5. The van der Waals surface area contributed by atoms with Crippen molar-refractivity contribution in [2.75, 3.05) is 5.32 Å². The van der Waals surface area contributed by atoms with Crippen LogP contribution in [-0.4, -0.2) is 38.4 Å². The van der Waals surface area contributed by atoms with Gasteiger partial charge in [0.05, 0.1) is 22.0 Å². The van der Waals surface area contributed by atoms with Crippen LogP contribution in [0.5, 0.6) is 0 Å². The SMILES string of the molecule is CC(=O)c1cc(C)c(NC(=O)c2cc(C)nn2-c2ncccc2Cl)c(C(=O)NC2CC2)c1. The highest BCUT2D eigenvalue weighted by Gasteiger charge is 2.27. The zero-order valence-electron chi connectivity index (χ0n) is 17.9. The minimum Gasteiger partial charge on any atom is -0.349 e. The third-order valence-electron chi connectivity index (χ3n) is 5.14. The number of amides is 2. The van der Waals surface area contributed by atoms with Crippen LogP contribution in [0.2, 0.25) is 5.02 Å². The fraction of sp³-hybridized carbons (Fsp3) is 0.261. The Balaban J connectivity index is 1.73. The predicted molar refractivity (Wildman–Crippen MR) is 121 cm³/mol. The van der Waals surface area contributed by atoms with Gasteiger partial charge in [0.2, 0.25) is 0 Å². The molecule has 1 aromatic carbocycles. The average Bonchev–Trinajstić information content (AvgIpc) is 3.47. The number of aryl methyl sites for hydroxylation is 2. The van der Waals surface area contributed by atoms with E-state index in [1.54, 1.807) is 44.3 Å². The second-order valence-corrected chi connectivity index (χ2v) is 8.27. The van der Waals surface area contributed by atoms with Crippen molar-refractivity contribution in [3.05, 3.63) is 69.6 Å². The molecular weight excluding hydrogens is 430 g/mol. The summed E-state index contributed by atoms with van der Waals surface area (Å²) in [4.78, 5) is 42.3. The van der Waals surface area contributed by atoms with Crippen molar-refractivity contribution in [1.29, 1.82) is 0 Å². The molecule has 0 spiro atoms. The highest BCUT2D eigenvalue weighted by atomic mass is 35.5. The van der Waals surface area contributed by atoms with Crippen molar-refractivity contribution < 1.29 is 14.4 Å². The molecule has 2 aromatic heterocycles. The zero-order chi connectivity index (χ0) is 23.0. The van der Waals surface area contributed by atoms with Gasteiger partial charge in [0.25, 0.3) is 11.8 Å². The summed E-state index contributed by atoms with van der Waals surface area (Å²) in [5.41, 5.74) is 2.41. The molecule has 0 radical (unpaired) electrons. The minimum atomic E-state index is -0.480. The largest absolute Gasteiger partial charge is 0.349 e. The standard InChI is InChI=1S/C23H22ClN5O3/c1-12-9-15(14(3)30)11-17(22(31)26-16-6-7-16)20(12)27-23(32)19-10-13(2)28-29(19)21-18(24)5-4-8-25-21/h4-5,8-11,16H,6-7H2,1-3H3,(H,26,31)(H,27,32). The predicted octanol–water partition coefficient (Wildman–Crippen LogP) is 3.88. The molecule has 1 saturated carbocycles. The van der Waals surface area contributed by atoms with Gasteiger partial charge in [-0.25, -0.2) is 9.67 Å². The maximum absolute atomic E-state index is 13.3. The number of rotatable bonds is 6. The van der Waals surface area contributed by atoms with Gasteiger partial charge >= 0.3 is 0 Å². The van der Waals surface area contributed by atoms with E-state index in [-0.39, 0.29) is 29.0 Å². The van der Waals surface area contributed by atoms with Crippen LogP contribution in [-0.2, 0) is 0 Å². The van der Waals surface area contributed by atoms with Crippen LogP contribution in [0.3, 0.4) is 0 Å². The third kappa shape index (κ3) is 4.40. The smallest absolute Gasteiger partial charge is 0.274 e. The Morgan fingerprint density at radius 3 is 2.53 bits per heavy atom. The fourth-order valence-corrected chi connectivity index (χ4v) is 3.56. The number of hydrogen-bond donors (Lipinski definition) is 2. The van der Waals surface area contributed by atoms with Crippen LogP contribution in [0, 0.1) is 13.8 Å². The van der Waals surface area contributed by atoms with Gasteiger partial charge < -0.3 is 10.6 Å². The topological polar surface area (TPSA) is 106 Å². The van der Waals surface area contributed by atoms with Crippen molar-refractivity contribution in [3.63, 3.8) is 0 Å². The van der Waals surface area contributed by atoms with E-state index in [1.165, 1.54) is 17.7 Å². The molecule has 8 nitrogen and oxygen atoms in total. The lowest BCUT2D eigenvalue weighted by Gasteiger charge is -2.16. The van der Waals surface area contributed by atoms with E-state index in [2.05, 4.69) is 20.7 Å². The van der Waals surface area contributed by atoms with E-state index in [1.807, 2.05) is 0 Å². The first kappa shape index (κ1) is 21.7. The first-order valence-corrected chi connectivity index (χ1v) is 10.6. The Morgan fingerprint density at radius 2 is 1.88 bits per heavy atom. The van der Waals surface area contributed by atoms with Gasteiger partial charge in [-0.05, 0) is 69.5 Å². The molecule has 2 N–H and O–H groups in total. The lowest BCUT2D eigenvalue weighted by atomic mass is 10.00. The molecule has 1 aliphatic carbocycles. The minimum absolute atomic E-state index is 0.128. The molecule has 1 fully saturated rings. The normalized spacial score (nSPS) is 13.0. The number of carbonyl (C=O) groups excluding carboxylic acids is 3. The van der Waals surface area contributed by atoms with Gasteiger partial charge in [-0.15, -0.1) is 0 Å². The van der Waals surface area contributed by atoms with Gasteiger partial charge in [-0.1, -0.05) is 11.6 Å². The summed E-state index contributed by atoms with van der Waals surface area (Å²) < 4.78 is 1.37. The number of hydrogen-bond acceptors (Lipinski definition) is 5. The molecule has 1 aliphatic rings. The summed E-state index contributed by atoms with van der Waals surface area (Å²) in [5.74, 6) is -0.648. The fourth-order valence-electron chi connectivity index (χ4n) is 3.36. The quantitative estimate of drug-likeness (QED) is 0.553. The Bertz CT molecular complexity index is 1250. The number of aromatic nitrogens is 3. The molecular formula is C23H22ClN5O3. The number of Topliss-reactive ketones (excluding diaryl/α,β-unsaturated/α-hetero) is 1. The van der Waals surface area contributed by atoms with E-state index in [0.717, 1.165) is 12.8 Å². The lowest BCUT2D eigenvalue weighted by molar-refractivity contribution is 0.0952. The number of halogens is 1. The zero-order valence-corrected chi connectivity index (χ0v) is 18.7. The van der Waals surface area contributed by atoms with E-state index < -0.39 is 5.91 Å². The molecule has 164 valence electrons. The van der Waals surface area contributed by atoms with E-state index in [4.69, 9.17) is 11.6 Å². The summed E-state index contributed by atoms with van der Waals surface area (Å²) >= 11 is 6.26. The van der Waals surface area contributed by atoms with Crippen LogP contribution >= 0.6 is 11.6 Å². The number of ketones is 1. The van der Waals surface area contributed by atoms with Crippen molar-refractivity contribution in [1.82, 2.24) is 20.1 Å². The van der Waals surface area contributed by atoms with Crippen LogP contribution in [0.1, 0.15) is 62.2 Å². The molecule has 32 heavy (non-hydrogen) atoms. The lowest BCUT2D eigenvalue weighted by Crippen LogP contribution is -2.28. The molecule has 0 saturated heterocycles. The summed E-state index contributed by atoms with van der Waals surface area (Å²) in [6.45, 7) is 4.94. The second-order valence-electron chi connectivity index (χ2n) is 7.87. The molecule has 3 aromatic rings. The molecule has 0 atom stereocenters. The van der Waals surface area contributed by atoms with Crippen LogP contribution < -0.4 is 10.6 Å². The molecule has 0 bridgehead atoms. The molecule has 2 amide bonds. The summed E-state index contributed by atoms with van der Waals surface area (Å²) in [6.07, 6.45) is 3.40. The maximum Gasteiger partial charge on any atom is 0.274 e. The van der Waals surface area contributed by atoms with Gasteiger partial charge in [0.1, 0.15) is 5.69 Å². The number of nitrogens with one attached hydrogen (secondary N) is 2.